The third-order valence-electron chi connectivity index (χ3n) is 6.19. The predicted octanol–water partition coefficient (Wildman–Crippen LogP) is 5.85. The van der Waals surface area contributed by atoms with Gasteiger partial charge in [0.2, 0.25) is 5.91 Å². The summed E-state index contributed by atoms with van der Waals surface area (Å²) in [5.41, 5.74) is 1.82. The van der Waals surface area contributed by atoms with E-state index >= 15 is 0 Å². The highest BCUT2D eigenvalue weighted by molar-refractivity contribution is 6.34. The maximum atomic E-state index is 14.1. The summed E-state index contributed by atoms with van der Waals surface area (Å²) in [6, 6.07) is 10.3. The lowest BCUT2D eigenvalue weighted by atomic mass is 9.98. The van der Waals surface area contributed by atoms with Crippen LogP contribution in [0.5, 0.6) is 0 Å². The van der Waals surface area contributed by atoms with Crippen molar-refractivity contribution in [2.24, 2.45) is 5.92 Å². The van der Waals surface area contributed by atoms with Crippen LogP contribution in [0.3, 0.4) is 0 Å². The summed E-state index contributed by atoms with van der Waals surface area (Å²) in [7, 11) is 0. The predicted molar refractivity (Wildman–Crippen MR) is 150 cm³/mol. The summed E-state index contributed by atoms with van der Waals surface area (Å²) in [4.78, 5) is 42.3. The molecule has 3 rings (SSSR count). The molecule has 1 aliphatic carbocycles. The standard InChI is InChI=1S/C30H36ClN3O4/c1-8-20-12-14-21(15-13-20)26(27(35)32-25-19(4)10-9-11-23(25)31)34(22-16-17-22)28(36)24(18(2)3)33-29(37)38-30(5,6)7/h1,9-15,18,22,24,26H,16-17H2,2-7H3,(H,32,35)(H,33,37). The lowest BCUT2D eigenvalue weighted by Crippen LogP contribution is -2.55. The zero-order valence-electron chi connectivity index (χ0n) is 22.8. The smallest absolute Gasteiger partial charge is 0.408 e. The number of halogens is 1. The number of nitrogens with zero attached hydrogens (tertiary/aromatic N) is 1. The summed E-state index contributed by atoms with van der Waals surface area (Å²) in [5.74, 6) is 1.56. The Balaban J connectivity index is 2.02. The van der Waals surface area contributed by atoms with Crippen LogP contribution in [0.1, 0.15) is 70.2 Å². The molecule has 1 saturated carbocycles. The number of terminal acetylenes is 1. The number of anilines is 1. The van der Waals surface area contributed by atoms with Gasteiger partial charge in [-0.25, -0.2) is 4.79 Å². The van der Waals surface area contributed by atoms with Crippen LogP contribution in [0.2, 0.25) is 5.02 Å². The van der Waals surface area contributed by atoms with Crippen molar-refractivity contribution in [3.8, 4) is 12.3 Å². The van der Waals surface area contributed by atoms with E-state index in [0.29, 0.717) is 21.8 Å². The topological polar surface area (TPSA) is 87.7 Å². The van der Waals surface area contributed by atoms with E-state index in [1.165, 1.54) is 0 Å². The highest BCUT2D eigenvalue weighted by Gasteiger charge is 2.44. The number of amides is 3. The molecule has 0 aliphatic heterocycles. The first-order valence-corrected chi connectivity index (χ1v) is 13.1. The van der Waals surface area contributed by atoms with Crippen LogP contribution in [0.4, 0.5) is 10.5 Å². The molecular formula is C30H36ClN3O4. The van der Waals surface area contributed by atoms with E-state index in [1.54, 1.807) is 62.1 Å². The first-order valence-electron chi connectivity index (χ1n) is 12.8. The number of hydrogen-bond donors (Lipinski definition) is 2. The zero-order chi connectivity index (χ0) is 28.2. The first-order chi connectivity index (χ1) is 17.8. The van der Waals surface area contributed by atoms with Crippen molar-refractivity contribution in [3.05, 3.63) is 64.2 Å². The van der Waals surface area contributed by atoms with Crippen LogP contribution in [-0.2, 0) is 14.3 Å². The van der Waals surface area contributed by atoms with Gasteiger partial charge in [0.1, 0.15) is 17.7 Å². The summed E-state index contributed by atoms with van der Waals surface area (Å²) in [5, 5.41) is 6.08. The van der Waals surface area contributed by atoms with Crippen molar-refractivity contribution in [2.45, 2.75) is 78.1 Å². The first kappa shape index (κ1) is 29.1. The number of nitrogens with one attached hydrogen (secondary N) is 2. The fourth-order valence-corrected chi connectivity index (χ4v) is 4.43. The van der Waals surface area contributed by atoms with Crippen molar-refractivity contribution in [1.29, 1.82) is 0 Å². The Labute approximate surface area is 230 Å². The van der Waals surface area contributed by atoms with Gasteiger partial charge in [0, 0.05) is 11.6 Å². The summed E-state index contributed by atoms with van der Waals surface area (Å²) in [6.45, 7) is 10.8. The van der Waals surface area contributed by atoms with Crippen LogP contribution in [0.25, 0.3) is 0 Å². The van der Waals surface area contributed by atoms with E-state index in [9.17, 15) is 14.4 Å². The molecule has 2 N–H and O–H groups in total. The fourth-order valence-electron chi connectivity index (χ4n) is 4.16. The molecule has 8 heteroatoms. The number of benzene rings is 2. The molecule has 1 aliphatic rings. The molecule has 2 unspecified atom stereocenters. The normalized spacial score (nSPS) is 14.7. The number of hydrogen-bond acceptors (Lipinski definition) is 4. The number of ether oxygens (including phenoxy) is 1. The molecule has 202 valence electrons. The van der Waals surface area contributed by atoms with Gasteiger partial charge in [-0.3, -0.25) is 9.59 Å². The molecule has 2 aromatic rings. The highest BCUT2D eigenvalue weighted by atomic mass is 35.5. The molecule has 3 amide bonds. The fraction of sp³-hybridized carbons (Fsp3) is 0.433. The van der Waals surface area contributed by atoms with Crippen molar-refractivity contribution in [3.63, 3.8) is 0 Å². The molecule has 0 bridgehead atoms. The van der Waals surface area contributed by atoms with Gasteiger partial charge in [-0.1, -0.05) is 55.6 Å². The van der Waals surface area contributed by atoms with E-state index in [2.05, 4.69) is 16.6 Å². The van der Waals surface area contributed by atoms with Gasteiger partial charge < -0.3 is 20.3 Å². The minimum absolute atomic E-state index is 0.153. The SMILES string of the molecule is C#Cc1ccc(C(C(=O)Nc2c(C)cccc2Cl)N(C(=O)C(NC(=O)OC(C)(C)C)C(C)C)C2CC2)cc1. The summed E-state index contributed by atoms with van der Waals surface area (Å²) in [6.07, 6.45) is 6.35. The second-order valence-corrected chi connectivity index (χ2v) is 11.3. The molecule has 7 nitrogen and oxygen atoms in total. The largest absolute Gasteiger partial charge is 0.444 e. The Bertz CT molecular complexity index is 1200. The Morgan fingerprint density at radius 1 is 1.11 bits per heavy atom. The van der Waals surface area contributed by atoms with E-state index < -0.39 is 29.7 Å². The Hall–Kier alpha value is -3.50. The van der Waals surface area contributed by atoms with Gasteiger partial charge in [0.15, 0.2) is 0 Å². The third kappa shape index (κ3) is 7.29. The molecule has 0 spiro atoms. The second-order valence-electron chi connectivity index (χ2n) is 10.9. The molecule has 38 heavy (non-hydrogen) atoms. The molecule has 2 aromatic carbocycles. The van der Waals surface area contributed by atoms with Gasteiger partial charge in [0.05, 0.1) is 10.7 Å². The van der Waals surface area contributed by atoms with Gasteiger partial charge in [0.25, 0.3) is 5.91 Å². The van der Waals surface area contributed by atoms with Gasteiger partial charge in [-0.15, -0.1) is 6.42 Å². The molecule has 0 saturated heterocycles. The number of carbonyl (C=O) groups is 3. The summed E-state index contributed by atoms with van der Waals surface area (Å²) < 4.78 is 5.41. The third-order valence-corrected chi connectivity index (χ3v) is 6.50. The minimum atomic E-state index is -0.973. The Morgan fingerprint density at radius 2 is 1.74 bits per heavy atom. The van der Waals surface area contributed by atoms with E-state index in [-0.39, 0.29) is 17.9 Å². The van der Waals surface area contributed by atoms with E-state index in [4.69, 9.17) is 22.8 Å². The van der Waals surface area contributed by atoms with Crippen molar-refractivity contribution in [2.75, 3.05) is 5.32 Å². The minimum Gasteiger partial charge on any atom is -0.444 e. The number of aryl methyl sites for hydroxylation is 1. The molecule has 0 radical (unpaired) electrons. The second kappa shape index (κ2) is 11.9. The van der Waals surface area contributed by atoms with Crippen molar-refractivity contribution >= 4 is 35.2 Å². The monoisotopic (exact) mass is 537 g/mol. The maximum Gasteiger partial charge on any atom is 0.408 e. The van der Waals surface area contributed by atoms with E-state index in [1.807, 2.05) is 26.8 Å². The average molecular weight is 538 g/mol. The quantitative estimate of drug-likeness (QED) is 0.413. The number of rotatable bonds is 8. The van der Waals surface area contributed by atoms with Crippen LogP contribution < -0.4 is 10.6 Å². The molecule has 0 heterocycles. The molecule has 1 fully saturated rings. The lowest BCUT2D eigenvalue weighted by molar-refractivity contribution is -0.142. The zero-order valence-corrected chi connectivity index (χ0v) is 23.6. The Morgan fingerprint density at radius 3 is 2.24 bits per heavy atom. The van der Waals surface area contributed by atoms with Crippen LogP contribution in [0, 0.1) is 25.2 Å². The summed E-state index contributed by atoms with van der Waals surface area (Å²) >= 11 is 6.40. The number of para-hydroxylation sites is 1. The Kier molecular flexibility index (Phi) is 9.11. The molecule has 0 aromatic heterocycles. The highest BCUT2D eigenvalue weighted by Crippen LogP contribution is 2.37. The van der Waals surface area contributed by atoms with Gasteiger partial charge >= 0.3 is 6.09 Å². The van der Waals surface area contributed by atoms with Crippen molar-refractivity contribution < 1.29 is 19.1 Å². The molecular weight excluding hydrogens is 502 g/mol. The molecule has 2 atom stereocenters. The number of alkyl carbamates (subject to hydrolysis) is 1. The average Bonchev–Trinajstić information content (AvgIpc) is 3.67. The van der Waals surface area contributed by atoms with Crippen LogP contribution in [0.15, 0.2) is 42.5 Å². The van der Waals surface area contributed by atoms with Crippen LogP contribution >= 0.6 is 11.6 Å². The maximum absolute atomic E-state index is 14.1. The van der Waals surface area contributed by atoms with E-state index in [0.717, 1.165) is 18.4 Å². The van der Waals surface area contributed by atoms with Gasteiger partial charge in [-0.05, 0) is 75.8 Å². The van der Waals surface area contributed by atoms with Crippen LogP contribution in [-0.4, -0.2) is 40.5 Å². The van der Waals surface area contributed by atoms with Crippen molar-refractivity contribution in [1.82, 2.24) is 10.2 Å². The number of carbonyl (C=O) groups excluding carboxylic acids is 3. The van der Waals surface area contributed by atoms with Gasteiger partial charge in [-0.2, -0.15) is 0 Å². The lowest BCUT2D eigenvalue weighted by Gasteiger charge is -2.36.